The van der Waals surface area contributed by atoms with Crippen molar-refractivity contribution in [3.63, 3.8) is 0 Å². The lowest BCUT2D eigenvalue weighted by Crippen LogP contribution is -2.14. The molecule has 2 rings (SSSR count). The van der Waals surface area contributed by atoms with Crippen LogP contribution in [-0.2, 0) is 0 Å². The van der Waals surface area contributed by atoms with Crippen molar-refractivity contribution >= 4 is 27.3 Å². The first-order valence-electron chi connectivity index (χ1n) is 6.68. The van der Waals surface area contributed by atoms with Crippen molar-refractivity contribution in [1.82, 2.24) is 0 Å². The van der Waals surface area contributed by atoms with Gasteiger partial charge in [-0.1, -0.05) is 39.7 Å². The molecular formula is C17H20BrNO. The molecule has 0 radical (unpaired) electrons. The Bertz CT molecular complexity index is 622. The van der Waals surface area contributed by atoms with Crippen LogP contribution in [0.15, 0.2) is 40.9 Å². The van der Waals surface area contributed by atoms with Crippen molar-refractivity contribution in [1.29, 1.82) is 0 Å². The van der Waals surface area contributed by atoms with E-state index in [1.165, 1.54) is 11.1 Å². The average molecular weight is 334 g/mol. The number of anilines is 2. The molecule has 3 heteroatoms. The average Bonchev–Trinajstić information content (AvgIpc) is 2.37. The molecule has 1 N–H and O–H groups in total. The third-order valence-electron chi connectivity index (χ3n) is 3.52. The van der Waals surface area contributed by atoms with Crippen molar-refractivity contribution < 1.29 is 5.11 Å². The molecule has 0 aromatic heterocycles. The summed E-state index contributed by atoms with van der Waals surface area (Å²) in [4.78, 5) is 2.13. The standard InChI is InChI=1S/C17H20BrNO/c1-11-5-8-16(12(2)9-11)19(4)17-10-14(18)6-7-15(17)13(3)20/h5-10,13,20H,1-4H3. The SMILES string of the molecule is Cc1ccc(N(C)c2cc(Br)ccc2C(C)O)c(C)c1. The lowest BCUT2D eigenvalue weighted by molar-refractivity contribution is 0.200. The number of aryl methyl sites for hydroxylation is 2. The summed E-state index contributed by atoms with van der Waals surface area (Å²) in [5.74, 6) is 0. The molecule has 20 heavy (non-hydrogen) atoms. The van der Waals surface area contributed by atoms with E-state index in [0.717, 1.165) is 21.4 Å². The van der Waals surface area contributed by atoms with Crippen LogP contribution in [0.25, 0.3) is 0 Å². The third-order valence-corrected chi connectivity index (χ3v) is 4.01. The molecule has 0 aliphatic heterocycles. The summed E-state index contributed by atoms with van der Waals surface area (Å²) < 4.78 is 1.01. The van der Waals surface area contributed by atoms with Crippen molar-refractivity contribution in [3.8, 4) is 0 Å². The summed E-state index contributed by atoms with van der Waals surface area (Å²) in [7, 11) is 2.03. The predicted molar refractivity (Wildman–Crippen MR) is 88.8 cm³/mol. The molecule has 0 amide bonds. The van der Waals surface area contributed by atoms with Gasteiger partial charge in [-0.05, 0) is 44.5 Å². The van der Waals surface area contributed by atoms with Gasteiger partial charge in [0.05, 0.1) is 6.10 Å². The van der Waals surface area contributed by atoms with Gasteiger partial charge in [-0.25, -0.2) is 0 Å². The largest absolute Gasteiger partial charge is 0.389 e. The second kappa shape index (κ2) is 5.98. The molecule has 1 unspecified atom stereocenters. The van der Waals surface area contributed by atoms with Gasteiger partial charge in [0, 0.05) is 28.5 Å². The molecule has 0 aliphatic carbocycles. The van der Waals surface area contributed by atoms with Gasteiger partial charge >= 0.3 is 0 Å². The second-order valence-electron chi connectivity index (χ2n) is 5.23. The van der Waals surface area contributed by atoms with E-state index in [0.29, 0.717) is 0 Å². The minimum atomic E-state index is -0.494. The molecule has 2 aromatic rings. The van der Waals surface area contributed by atoms with Gasteiger partial charge in [0.15, 0.2) is 0 Å². The summed E-state index contributed by atoms with van der Waals surface area (Å²) in [6, 6.07) is 12.4. The van der Waals surface area contributed by atoms with Gasteiger partial charge in [-0.15, -0.1) is 0 Å². The topological polar surface area (TPSA) is 23.5 Å². The summed E-state index contributed by atoms with van der Waals surface area (Å²) >= 11 is 3.51. The first-order chi connectivity index (χ1) is 9.40. The quantitative estimate of drug-likeness (QED) is 0.864. The molecule has 0 heterocycles. The van der Waals surface area contributed by atoms with Crippen LogP contribution in [0.5, 0.6) is 0 Å². The maximum Gasteiger partial charge on any atom is 0.0782 e. The Hall–Kier alpha value is -1.32. The summed E-state index contributed by atoms with van der Waals surface area (Å²) in [5.41, 5.74) is 5.57. The Kier molecular flexibility index (Phi) is 4.51. The lowest BCUT2D eigenvalue weighted by atomic mass is 10.1. The van der Waals surface area contributed by atoms with Gasteiger partial charge < -0.3 is 10.0 Å². The van der Waals surface area contributed by atoms with Gasteiger partial charge in [-0.2, -0.15) is 0 Å². The molecule has 1 atom stereocenters. The third kappa shape index (κ3) is 3.05. The van der Waals surface area contributed by atoms with Crippen molar-refractivity contribution in [2.45, 2.75) is 26.9 Å². The number of nitrogens with zero attached hydrogens (tertiary/aromatic N) is 1. The monoisotopic (exact) mass is 333 g/mol. The summed E-state index contributed by atoms with van der Waals surface area (Å²) in [6.07, 6.45) is -0.494. The molecule has 106 valence electrons. The summed E-state index contributed by atoms with van der Waals surface area (Å²) in [5, 5.41) is 9.96. The zero-order chi connectivity index (χ0) is 14.9. The van der Waals surface area contributed by atoms with Crippen molar-refractivity contribution in [2.24, 2.45) is 0 Å². The Morgan fingerprint density at radius 2 is 1.75 bits per heavy atom. The molecule has 2 nitrogen and oxygen atoms in total. The van der Waals surface area contributed by atoms with Gasteiger partial charge in [0.25, 0.3) is 0 Å². The number of benzene rings is 2. The number of hydrogen-bond donors (Lipinski definition) is 1. The van der Waals surface area contributed by atoms with Crippen LogP contribution in [0.4, 0.5) is 11.4 Å². The Balaban J connectivity index is 2.52. The molecule has 0 saturated heterocycles. The van der Waals surface area contributed by atoms with E-state index in [1.807, 2.05) is 25.2 Å². The maximum absolute atomic E-state index is 9.96. The van der Waals surface area contributed by atoms with Crippen LogP contribution < -0.4 is 4.90 Å². The molecule has 0 aliphatic rings. The van der Waals surface area contributed by atoms with Crippen LogP contribution >= 0.6 is 15.9 Å². The zero-order valence-electron chi connectivity index (χ0n) is 12.3. The highest BCUT2D eigenvalue weighted by Crippen LogP contribution is 2.34. The van der Waals surface area contributed by atoms with Crippen LogP contribution in [0.2, 0.25) is 0 Å². The molecule has 0 saturated carbocycles. The normalized spacial score (nSPS) is 12.3. The van der Waals surface area contributed by atoms with Gasteiger partial charge in [0.2, 0.25) is 0 Å². The van der Waals surface area contributed by atoms with E-state index < -0.39 is 6.10 Å². The lowest BCUT2D eigenvalue weighted by Gasteiger charge is -2.26. The Labute approximate surface area is 129 Å². The molecular weight excluding hydrogens is 314 g/mol. The number of aliphatic hydroxyl groups excluding tert-OH is 1. The number of aliphatic hydroxyl groups is 1. The van der Waals surface area contributed by atoms with E-state index in [2.05, 4.69) is 52.9 Å². The summed E-state index contributed by atoms with van der Waals surface area (Å²) in [6.45, 7) is 6.00. The highest BCUT2D eigenvalue weighted by molar-refractivity contribution is 9.10. The van der Waals surface area contributed by atoms with E-state index in [4.69, 9.17) is 0 Å². The van der Waals surface area contributed by atoms with Crippen molar-refractivity contribution in [2.75, 3.05) is 11.9 Å². The van der Waals surface area contributed by atoms with Crippen LogP contribution in [-0.4, -0.2) is 12.2 Å². The van der Waals surface area contributed by atoms with Gasteiger partial charge in [-0.3, -0.25) is 0 Å². The highest BCUT2D eigenvalue weighted by atomic mass is 79.9. The number of halogens is 1. The Morgan fingerprint density at radius 1 is 1.05 bits per heavy atom. The molecule has 2 aromatic carbocycles. The fraction of sp³-hybridized carbons (Fsp3) is 0.294. The van der Waals surface area contributed by atoms with Crippen LogP contribution in [0, 0.1) is 13.8 Å². The predicted octanol–water partition coefficient (Wildman–Crippen LogP) is 4.89. The fourth-order valence-electron chi connectivity index (χ4n) is 2.47. The first-order valence-corrected chi connectivity index (χ1v) is 7.48. The number of hydrogen-bond acceptors (Lipinski definition) is 2. The van der Waals surface area contributed by atoms with E-state index in [1.54, 1.807) is 6.92 Å². The maximum atomic E-state index is 9.96. The van der Waals surface area contributed by atoms with E-state index in [9.17, 15) is 5.11 Å². The van der Waals surface area contributed by atoms with Crippen molar-refractivity contribution in [3.05, 3.63) is 57.6 Å². The minimum Gasteiger partial charge on any atom is -0.389 e. The second-order valence-corrected chi connectivity index (χ2v) is 6.14. The Morgan fingerprint density at radius 3 is 2.35 bits per heavy atom. The van der Waals surface area contributed by atoms with E-state index in [-0.39, 0.29) is 0 Å². The smallest absolute Gasteiger partial charge is 0.0782 e. The van der Waals surface area contributed by atoms with Crippen LogP contribution in [0.3, 0.4) is 0 Å². The zero-order valence-corrected chi connectivity index (χ0v) is 13.9. The minimum absolute atomic E-state index is 0.494. The number of rotatable bonds is 3. The van der Waals surface area contributed by atoms with Gasteiger partial charge in [0.1, 0.15) is 0 Å². The highest BCUT2D eigenvalue weighted by Gasteiger charge is 2.14. The molecule has 0 bridgehead atoms. The fourth-order valence-corrected chi connectivity index (χ4v) is 2.82. The molecule has 0 fully saturated rings. The molecule has 0 spiro atoms. The van der Waals surface area contributed by atoms with Crippen LogP contribution in [0.1, 0.15) is 29.7 Å². The van der Waals surface area contributed by atoms with E-state index >= 15 is 0 Å². The first kappa shape index (κ1) is 15.1.